The maximum atomic E-state index is 12.8. The molecule has 0 radical (unpaired) electrons. The van der Waals surface area contributed by atoms with Gasteiger partial charge in [-0.1, -0.05) is 72.8 Å². The summed E-state index contributed by atoms with van der Waals surface area (Å²) >= 11 is 1.60. The Morgan fingerprint density at radius 2 is 1.64 bits per heavy atom. The first kappa shape index (κ1) is 21.5. The molecule has 4 aromatic rings. The molecule has 5 rings (SSSR count). The van der Waals surface area contributed by atoms with E-state index in [-0.39, 0.29) is 11.3 Å². The summed E-state index contributed by atoms with van der Waals surface area (Å²) in [5.41, 5.74) is 2.97. The second-order valence-electron chi connectivity index (χ2n) is 8.25. The highest BCUT2D eigenvalue weighted by Crippen LogP contribution is 2.33. The van der Waals surface area contributed by atoms with Gasteiger partial charge >= 0.3 is 5.97 Å². The van der Waals surface area contributed by atoms with Crippen LogP contribution in [0.2, 0.25) is 0 Å². The fraction of sp³-hybridized carbons (Fsp3) is 0.185. The van der Waals surface area contributed by atoms with Gasteiger partial charge in [0.25, 0.3) is 0 Å². The van der Waals surface area contributed by atoms with Gasteiger partial charge in [0.1, 0.15) is 6.04 Å². The number of hydrogen-bond donors (Lipinski definition) is 3. The molecule has 2 atom stereocenters. The molecule has 5 nitrogen and oxygen atoms in total. The molecule has 3 N–H and O–H groups in total. The lowest BCUT2D eigenvalue weighted by atomic mass is 10.00. The van der Waals surface area contributed by atoms with Gasteiger partial charge in [0, 0.05) is 23.2 Å². The van der Waals surface area contributed by atoms with Gasteiger partial charge in [-0.05, 0) is 39.8 Å². The Morgan fingerprint density at radius 3 is 2.36 bits per heavy atom. The number of nitrogens with one attached hydrogen (secondary N) is 2. The number of carboxylic acids is 1. The van der Waals surface area contributed by atoms with Gasteiger partial charge in [0.05, 0.1) is 5.37 Å². The lowest BCUT2D eigenvalue weighted by molar-refractivity contribution is -0.138. The first-order valence-electron chi connectivity index (χ1n) is 11.0. The van der Waals surface area contributed by atoms with Crippen LogP contribution in [0.4, 0.5) is 5.69 Å². The molecule has 6 heteroatoms. The van der Waals surface area contributed by atoms with Crippen LogP contribution in [0.25, 0.3) is 21.5 Å². The van der Waals surface area contributed by atoms with E-state index < -0.39 is 12.0 Å². The van der Waals surface area contributed by atoms with Gasteiger partial charge in [0.15, 0.2) is 0 Å². The second kappa shape index (κ2) is 9.25. The molecule has 0 spiro atoms. The van der Waals surface area contributed by atoms with Crippen molar-refractivity contribution < 1.29 is 14.7 Å². The number of carboxylic acid groups (broad SMARTS) is 1. The molecule has 0 bridgehead atoms. The molecular formula is C27H24N2O3S. The first-order chi connectivity index (χ1) is 16.1. The van der Waals surface area contributed by atoms with Crippen molar-refractivity contribution in [1.82, 2.24) is 5.32 Å². The lowest BCUT2D eigenvalue weighted by Gasteiger charge is -2.13. The third-order valence-electron chi connectivity index (χ3n) is 6.05. The predicted octanol–water partition coefficient (Wildman–Crippen LogP) is 5.35. The number of amides is 1. The normalized spacial score (nSPS) is 17.9. The Hall–Kier alpha value is -3.35. The summed E-state index contributed by atoms with van der Waals surface area (Å²) in [4.78, 5) is 23.9. The van der Waals surface area contributed by atoms with Crippen LogP contribution in [0.15, 0.2) is 78.9 Å². The van der Waals surface area contributed by atoms with Crippen LogP contribution in [0.5, 0.6) is 0 Å². The Balaban J connectivity index is 1.25. The Kier molecular flexibility index (Phi) is 6.03. The molecule has 1 saturated heterocycles. The number of carbonyl (C=O) groups is 2. The van der Waals surface area contributed by atoms with E-state index in [0.29, 0.717) is 18.6 Å². The molecule has 4 aromatic carbocycles. The van der Waals surface area contributed by atoms with Crippen LogP contribution in [0, 0.1) is 0 Å². The van der Waals surface area contributed by atoms with E-state index in [9.17, 15) is 9.59 Å². The number of aliphatic carboxylic acids is 1. The van der Waals surface area contributed by atoms with Gasteiger partial charge in [-0.2, -0.15) is 0 Å². The van der Waals surface area contributed by atoms with E-state index in [4.69, 9.17) is 5.11 Å². The number of anilines is 1. The summed E-state index contributed by atoms with van der Waals surface area (Å²) in [6, 6.07) is 25.9. The number of carbonyl (C=O) groups excluding carboxylic acids is 1. The largest absolute Gasteiger partial charge is 0.480 e. The van der Waals surface area contributed by atoms with E-state index in [2.05, 4.69) is 28.8 Å². The van der Waals surface area contributed by atoms with Gasteiger partial charge in [-0.15, -0.1) is 11.8 Å². The number of fused-ring (bicyclic) bond motifs is 3. The van der Waals surface area contributed by atoms with Crippen molar-refractivity contribution in [3.05, 3.63) is 90.0 Å². The molecule has 0 aromatic heterocycles. The maximum absolute atomic E-state index is 12.8. The third kappa shape index (κ3) is 4.58. The first-order valence-corrected chi connectivity index (χ1v) is 12.0. The molecule has 1 fully saturated rings. The van der Waals surface area contributed by atoms with E-state index in [0.717, 1.165) is 33.0 Å². The molecule has 33 heavy (non-hydrogen) atoms. The van der Waals surface area contributed by atoms with Crippen molar-refractivity contribution in [2.75, 3.05) is 11.1 Å². The zero-order valence-electron chi connectivity index (χ0n) is 18.0. The average molecular weight is 457 g/mol. The summed E-state index contributed by atoms with van der Waals surface area (Å²) in [6.45, 7) is 0. The summed E-state index contributed by atoms with van der Waals surface area (Å²) < 4.78 is 0. The van der Waals surface area contributed by atoms with Crippen molar-refractivity contribution in [2.45, 2.75) is 24.3 Å². The predicted molar refractivity (Wildman–Crippen MR) is 135 cm³/mol. The van der Waals surface area contributed by atoms with E-state index in [1.54, 1.807) is 11.8 Å². The molecule has 1 aliphatic rings. The lowest BCUT2D eigenvalue weighted by Crippen LogP contribution is -2.33. The SMILES string of the molecule is O=C(CCc1ccc(C2N[C@H](C(=O)O)CS2)cc1)Nc1cc2ccccc2c2ccccc12. The molecular weight excluding hydrogens is 432 g/mol. The summed E-state index contributed by atoms with van der Waals surface area (Å²) in [5, 5.41) is 19.8. The summed E-state index contributed by atoms with van der Waals surface area (Å²) in [5.74, 6) is -0.269. The van der Waals surface area contributed by atoms with Crippen molar-refractivity contribution in [3.8, 4) is 0 Å². The number of aryl methyl sites for hydroxylation is 1. The monoisotopic (exact) mass is 456 g/mol. The molecule has 1 heterocycles. The van der Waals surface area contributed by atoms with Gasteiger partial charge < -0.3 is 10.4 Å². The molecule has 166 valence electrons. The highest BCUT2D eigenvalue weighted by atomic mass is 32.2. The van der Waals surface area contributed by atoms with Crippen LogP contribution in [0.1, 0.15) is 22.9 Å². The smallest absolute Gasteiger partial charge is 0.321 e. The summed E-state index contributed by atoms with van der Waals surface area (Å²) in [6.07, 6.45) is 1.03. The minimum atomic E-state index is -0.813. The topological polar surface area (TPSA) is 78.4 Å². The van der Waals surface area contributed by atoms with Gasteiger partial charge in [-0.25, -0.2) is 0 Å². The Labute approximate surface area is 196 Å². The maximum Gasteiger partial charge on any atom is 0.321 e. The molecule has 1 amide bonds. The van der Waals surface area contributed by atoms with E-state index in [1.165, 1.54) is 5.39 Å². The number of thioether (sulfide) groups is 1. The van der Waals surface area contributed by atoms with Crippen LogP contribution in [0.3, 0.4) is 0 Å². The molecule has 1 unspecified atom stereocenters. The van der Waals surface area contributed by atoms with Crippen LogP contribution < -0.4 is 10.6 Å². The average Bonchev–Trinajstić information content (AvgIpc) is 3.34. The van der Waals surface area contributed by atoms with Crippen LogP contribution >= 0.6 is 11.8 Å². The minimum Gasteiger partial charge on any atom is -0.480 e. The van der Waals surface area contributed by atoms with Crippen molar-refractivity contribution in [1.29, 1.82) is 0 Å². The standard InChI is InChI=1S/C27H24N2O3S/c30-25(14-11-17-9-12-18(13-10-17)26-29-24(16-33-26)27(31)32)28-23-15-19-5-1-2-6-20(19)21-7-3-4-8-22(21)23/h1-10,12-13,15,24,26,29H,11,14,16H2,(H,28,30)(H,31,32)/t24-,26?/m0/s1. The van der Waals surface area contributed by atoms with Gasteiger partial charge in [-0.3, -0.25) is 14.9 Å². The summed E-state index contributed by atoms with van der Waals surface area (Å²) in [7, 11) is 0. The van der Waals surface area contributed by atoms with E-state index in [1.807, 2.05) is 60.7 Å². The Morgan fingerprint density at radius 1 is 0.939 bits per heavy atom. The van der Waals surface area contributed by atoms with Crippen molar-refractivity contribution in [3.63, 3.8) is 0 Å². The highest BCUT2D eigenvalue weighted by Gasteiger charge is 2.30. The highest BCUT2D eigenvalue weighted by molar-refractivity contribution is 7.99. The Bertz CT molecular complexity index is 1340. The quantitative estimate of drug-likeness (QED) is 0.341. The molecule has 0 aliphatic carbocycles. The zero-order chi connectivity index (χ0) is 22.8. The fourth-order valence-corrected chi connectivity index (χ4v) is 5.53. The second-order valence-corrected chi connectivity index (χ2v) is 9.39. The minimum absolute atomic E-state index is 0.00960. The van der Waals surface area contributed by atoms with Crippen molar-refractivity contribution in [2.24, 2.45) is 0 Å². The van der Waals surface area contributed by atoms with Crippen LogP contribution in [-0.4, -0.2) is 28.8 Å². The number of hydrogen-bond acceptors (Lipinski definition) is 4. The zero-order valence-corrected chi connectivity index (χ0v) is 18.8. The van der Waals surface area contributed by atoms with Crippen LogP contribution in [-0.2, 0) is 16.0 Å². The van der Waals surface area contributed by atoms with Crippen molar-refractivity contribution >= 4 is 50.9 Å². The molecule has 0 saturated carbocycles. The number of rotatable bonds is 6. The number of benzene rings is 4. The fourth-order valence-electron chi connectivity index (χ4n) is 4.29. The van der Waals surface area contributed by atoms with E-state index >= 15 is 0 Å². The van der Waals surface area contributed by atoms with Gasteiger partial charge in [0.2, 0.25) is 5.91 Å². The molecule has 1 aliphatic heterocycles. The third-order valence-corrected chi connectivity index (χ3v) is 7.31.